The number of para-hydroxylation sites is 1. The molecule has 2 N–H and O–H groups in total. The molecule has 5 nitrogen and oxygen atoms in total. The van der Waals surface area contributed by atoms with Crippen LogP contribution in [0.25, 0.3) is 0 Å². The third-order valence-corrected chi connectivity index (χ3v) is 4.18. The maximum atomic E-state index is 12.5. The van der Waals surface area contributed by atoms with Crippen LogP contribution in [0.3, 0.4) is 0 Å². The molecular weight excluding hydrogens is 324 g/mol. The molecule has 132 valence electrons. The lowest BCUT2D eigenvalue weighted by Gasteiger charge is -2.12. The summed E-state index contributed by atoms with van der Waals surface area (Å²) >= 11 is 0. The smallest absolute Gasteiger partial charge is 0.275 e. The zero-order valence-electron chi connectivity index (χ0n) is 15.0. The van der Waals surface area contributed by atoms with Gasteiger partial charge in [0.05, 0.1) is 12.4 Å². The Labute approximate surface area is 153 Å². The Morgan fingerprint density at radius 1 is 1.00 bits per heavy atom. The summed E-state index contributed by atoms with van der Waals surface area (Å²) in [6.07, 6.45) is 3.92. The number of nitrogens with zero attached hydrogens (tertiary/aromatic N) is 2. The van der Waals surface area contributed by atoms with Crippen molar-refractivity contribution in [3.05, 3.63) is 83.3 Å². The second kappa shape index (κ2) is 8.25. The lowest BCUT2D eigenvalue weighted by atomic mass is 10.1. The molecule has 1 amide bonds. The highest BCUT2D eigenvalue weighted by Gasteiger charge is 2.12. The van der Waals surface area contributed by atoms with E-state index in [1.54, 1.807) is 6.20 Å². The molecule has 0 bridgehead atoms. The van der Waals surface area contributed by atoms with E-state index in [9.17, 15) is 4.79 Å². The van der Waals surface area contributed by atoms with E-state index in [4.69, 9.17) is 0 Å². The second-order valence-electron chi connectivity index (χ2n) is 6.04. The number of carbonyl (C=O) groups is 1. The van der Waals surface area contributed by atoms with E-state index >= 15 is 0 Å². The van der Waals surface area contributed by atoms with Gasteiger partial charge in [0.25, 0.3) is 5.91 Å². The lowest BCUT2D eigenvalue weighted by molar-refractivity contribution is 0.102. The summed E-state index contributed by atoms with van der Waals surface area (Å²) < 4.78 is 0. The van der Waals surface area contributed by atoms with Gasteiger partial charge >= 0.3 is 0 Å². The molecule has 5 heteroatoms. The number of anilines is 2. The van der Waals surface area contributed by atoms with Crippen LogP contribution in [0, 0.1) is 6.92 Å². The summed E-state index contributed by atoms with van der Waals surface area (Å²) in [5, 5.41) is 6.16. The monoisotopic (exact) mass is 346 g/mol. The third kappa shape index (κ3) is 4.25. The van der Waals surface area contributed by atoms with Gasteiger partial charge in [0, 0.05) is 12.2 Å². The summed E-state index contributed by atoms with van der Waals surface area (Å²) in [6, 6.07) is 16.0. The van der Waals surface area contributed by atoms with Crippen LogP contribution >= 0.6 is 0 Å². The van der Waals surface area contributed by atoms with E-state index in [1.165, 1.54) is 6.20 Å². The molecule has 0 atom stereocenters. The first-order valence-corrected chi connectivity index (χ1v) is 8.67. The van der Waals surface area contributed by atoms with Crippen LogP contribution in [0.5, 0.6) is 0 Å². The first-order valence-electron chi connectivity index (χ1n) is 8.67. The first-order chi connectivity index (χ1) is 12.7. The molecule has 0 aliphatic carbocycles. The Morgan fingerprint density at radius 3 is 2.50 bits per heavy atom. The summed E-state index contributed by atoms with van der Waals surface area (Å²) in [5.74, 6) is 0.381. The number of aryl methyl sites for hydroxylation is 2. The summed E-state index contributed by atoms with van der Waals surface area (Å²) in [7, 11) is 0. The number of hydrogen-bond donors (Lipinski definition) is 2. The van der Waals surface area contributed by atoms with Crippen molar-refractivity contribution in [3.8, 4) is 0 Å². The Bertz CT molecular complexity index is 876. The number of hydrogen-bond acceptors (Lipinski definition) is 4. The Balaban J connectivity index is 1.66. The first kappa shape index (κ1) is 17.6. The van der Waals surface area contributed by atoms with Crippen LogP contribution < -0.4 is 10.6 Å². The molecule has 0 saturated heterocycles. The molecule has 0 aliphatic heterocycles. The van der Waals surface area contributed by atoms with Crippen LogP contribution in [0.4, 0.5) is 11.5 Å². The highest BCUT2D eigenvalue weighted by atomic mass is 16.1. The van der Waals surface area contributed by atoms with Crippen molar-refractivity contribution in [2.75, 3.05) is 10.6 Å². The molecule has 26 heavy (non-hydrogen) atoms. The fraction of sp³-hybridized carbons (Fsp3) is 0.190. The minimum absolute atomic E-state index is 0.254. The summed E-state index contributed by atoms with van der Waals surface area (Å²) in [5.41, 5.74) is 4.44. The molecule has 2 aromatic carbocycles. The third-order valence-electron chi connectivity index (χ3n) is 4.18. The number of aromatic nitrogens is 2. The molecule has 1 aromatic heterocycles. The minimum Gasteiger partial charge on any atom is -0.365 e. The van der Waals surface area contributed by atoms with Gasteiger partial charge in [0.2, 0.25) is 0 Å². The number of benzene rings is 2. The Morgan fingerprint density at radius 2 is 1.81 bits per heavy atom. The van der Waals surface area contributed by atoms with Crippen molar-refractivity contribution in [3.63, 3.8) is 0 Å². The number of rotatable bonds is 6. The standard InChI is InChI=1S/C21H22N4O/c1-3-17-11-7-8-15(2)20(17)25-21(26)18-13-24-19(14-22-18)23-12-16-9-5-4-6-10-16/h4-11,13-14H,3,12H2,1-2H3,(H,23,24)(H,25,26). The van der Waals surface area contributed by atoms with Gasteiger partial charge in [0.1, 0.15) is 11.5 Å². The molecule has 0 radical (unpaired) electrons. The molecule has 1 heterocycles. The second-order valence-corrected chi connectivity index (χ2v) is 6.04. The molecule has 3 rings (SSSR count). The average Bonchev–Trinajstić information content (AvgIpc) is 2.69. The Kier molecular flexibility index (Phi) is 5.59. The van der Waals surface area contributed by atoms with Gasteiger partial charge in [-0.05, 0) is 30.0 Å². The van der Waals surface area contributed by atoms with E-state index in [1.807, 2.05) is 55.5 Å². The van der Waals surface area contributed by atoms with Crippen LogP contribution in [0.2, 0.25) is 0 Å². The van der Waals surface area contributed by atoms with Gasteiger partial charge in [0.15, 0.2) is 0 Å². The number of carbonyl (C=O) groups excluding carboxylic acids is 1. The van der Waals surface area contributed by atoms with Crippen molar-refractivity contribution in [2.45, 2.75) is 26.8 Å². The fourth-order valence-corrected chi connectivity index (χ4v) is 2.70. The van der Waals surface area contributed by atoms with E-state index in [2.05, 4.69) is 27.5 Å². The van der Waals surface area contributed by atoms with Gasteiger partial charge < -0.3 is 10.6 Å². The van der Waals surface area contributed by atoms with Crippen LogP contribution in [0.15, 0.2) is 60.9 Å². The minimum atomic E-state index is -0.254. The maximum Gasteiger partial charge on any atom is 0.275 e. The predicted octanol–water partition coefficient (Wildman–Crippen LogP) is 4.21. The number of nitrogens with one attached hydrogen (secondary N) is 2. The fourth-order valence-electron chi connectivity index (χ4n) is 2.70. The van der Waals surface area contributed by atoms with Gasteiger partial charge in [-0.2, -0.15) is 0 Å². The summed E-state index contributed by atoms with van der Waals surface area (Å²) in [4.78, 5) is 21.0. The molecule has 0 unspecified atom stereocenters. The van der Waals surface area contributed by atoms with Crippen LogP contribution in [-0.2, 0) is 13.0 Å². The van der Waals surface area contributed by atoms with Crippen molar-refractivity contribution in [2.24, 2.45) is 0 Å². The van der Waals surface area contributed by atoms with E-state index < -0.39 is 0 Å². The quantitative estimate of drug-likeness (QED) is 0.701. The van der Waals surface area contributed by atoms with Crippen molar-refractivity contribution in [1.82, 2.24) is 9.97 Å². The SMILES string of the molecule is CCc1cccc(C)c1NC(=O)c1cnc(NCc2ccccc2)cn1. The largest absolute Gasteiger partial charge is 0.365 e. The van der Waals surface area contributed by atoms with Crippen molar-refractivity contribution in [1.29, 1.82) is 0 Å². The molecule has 0 spiro atoms. The molecule has 3 aromatic rings. The van der Waals surface area contributed by atoms with Gasteiger partial charge in [-0.15, -0.1) is 0 Å². The van der Waals surface area contributed by atoms with Gasteiger partial charge in [-0.3, -0.25) is 4.79 Å². The molecule has 0 fully saturated rings. The molecular formula is C21H22N4O. The van der Waals surface area contributed by atoms with Crippen LogP contribution in [0.1, 0.15) is 34.1 Å². The zero-order valence-corrected chi connectivity index (χ0v) is 15.0. The van der Waals surface area contributed by atoms with Gasteiger partial charge in [-0.25, -0.2) is 9.97 Å². The van der Waals surface area contributed by atoms with Gasteiger partial charge in [-0.1, -0.05) is 55.5 Å². The van der Waals surface area contributed by atoms with E-state index in [0.29, 0.717) is 18.1 Å². The van der Waals surface area contributed by atoms with Crippen LogP contribution in [-0.4, -0.2) is 15.9 Å². The van der Waals surface area contributed by atoms with E-state index in [-0.39, 0.29) is 5.91 Å². The lowest BCUT2D eigenvalue weighted by Crippen LogP contribution is -2.16. The number of amides is 1. The highest BCUT2D eigenvalue weighted by Crippen LogP contribution is 2.21. The molecule has 0 aliphatic rings. The topological polar surface area (TPSA) is 66.9 Å². The normalized spacial score (nSPS) is 10.4. The van der Waals surface area contributed by atoms with Crippen molar-refractivity contribution >= 4 is 17.4 Å². The average molecular weight is 346 g/mol. The Hall–Kier alpha value is -3.21. The van der Waals surface area contributed by atoms with Crippen molar-refractivity contribution < 1.29 is 4.79 Å². The predicted molar refractivity (Wildman–Crippen MR) is 104 cm³/mol. The zero-order chi connectivity index (χ0) is 18.4. The maximum absolute atomic E-state index is 12.5. The summed E-state index contributed by atoms with van der Waals surface area (Å²) in [6.45, 7) is 4.71. The molecule has 0 saturated carbocycles. The van der Waals surface area contributed by atoms with E-state index in [0.717, 1.165) is 28.8 Å². The highest BCUT2D eigenvalue weighted by molar-refractivity contribution is 6.03.